The average Bonchev–Trinajstić information content (AvgIpc) is 3.85. The number of nitrogens with one attached hydrogen (secondary N) is 1. The molecule has 0 radical (unpaired) electrons. The van der Waals surface area contributed by atoms with E-state index in [0.29, 0.717) is 6.54 Å². The van der Waals surface area contributed by atoms with Crippen molar-refractivity contribution in [1.82, 2.24) is 10.2 Å². The molecule has 8 nitrogen and oxygen atoms in total. The number of halogens is 1. The van der Waals surface area contributed by atoms with Crippen molar-refractivity contribution in [2.24, 2.45) is 5.92 Å². The van der Waals surface area contributed by atoms with Crippen molar-refractivity contribution in [3.63, 3.8) is 0 Å². The van der Waals surface area contributed by atoms with Gasteiger partial charge in [0.2, 0.25) is 11.6 Å². The lowest BCUT2D eigenvalue weighted by molar-refractivity contribution is -0.701. The number of hydrogen-bond donors (Lipinski definition) is 1. The molecular formula is C35H60IN3O5. The number of alkyl carbamates (subject to hydrolysis) is 1. The van der Waals surface area contributed by atoms with Crippen molar-refractivity contribution in [1.29, 1.82) is 0 Å². The Labute approximate surface area is 284 Å². The molecule has 0 bridgehead atoms. The van der Waals surface area contributed by atoms with Gasteiger partial charge in [0.05, 0.1) is 0 Å². The Balaban J connectivity index is 0.00000968. The van der Waals surface area contributed by atoms with Crippen LogP contribution in [0.25, 0.3) is 0 Å². The lowest BCUT2D eigenvalue weighted by Crippen LogP contribution is -3.00. The van der Waals surface area contributed by atoms with Crippen LogP contribution in [0.2, 0.25) is 0 Å². The Morgan fingerprint density at radius 3 is 1.91 bits per heavy atom. The molecule has 1 aliphatic carbocycles. The van der Waals surface area contributed by atoms with Gasteiger partial charge in [0, 0.05) is 25.6 Å². The van der Waals surface area contributed by atoms with Gasteiger partial charge in [-0.15, -0.1) is 0 Å². The minimum atomic E-state index is -0.701. The maximum atomic E-state index is 12.9. The minimum Gasteiger partial charge on any atom is -1.00 e. The van der Waals surface area contributed by atoms with Gasteiger partial charge in [0.1, 0.15) is 25.8 Å². The summed E-state index contributed by atoms with van der Waals surface area (Å²) in [6, 6.07) is 5.68. The summed E-state index contributed by atoms with van der Waals surface area (Å²) in [5.41, 5.74) is 0.838. The van der Waals surface area contributed by atoms with Gasteiger partial charge in [-0.05, 0) is 32.1 Å². The van der Waals surface area contributed by atoms with Gasteiger partial charge in [0.15, 0.2) is 6.20 Å². The number of nitrogens with zero attached hydrogens (tertiary/aromatic N) is 2. The van der Waals surface area contributed by atoms with Crippen molar-refractivity contribution >= 4 is 18.1 Å². The Morgan fingerprint density at radius 2 is 1.41 bits per heavy atom. The van der Waals surface area contributed by atoms with Gasteiger partial charge in [-0.3, -0.25) is 4.79 Å². The summed E-state index contributed by atoms with van der Waals surface area (Å²) < 4.78 is 13.1. The van der Waals surface area contributed by atoms with E-state index in [-0.39, 0.29) is 49.0 Å². The molecule has 1 aromatic heterocycles. The number of aryl methyl sites for hydroxylation is 1. The SMILES string of the molecule is CCCCCCCCCCCCCCCCCCNC(=O)OCC(OC(=O)N(Cc1cccc[n+]1CC)C(C)=O)C1CC1.[I-]. The van der Waals surface area contributed by atoms with Crippen molar-refractivity contribution in [2.45, 2.75) is 156 Å². The van der Waals surface area contributed by atoms with Gasteiger partial charge in [-0.2, -0.15) is 0 Å². The van der Waals surface area contributed by atoms with Gasteiger partial charge in [-0.25, -0.2) is 19.1 Å². The first kappa shape index (κ1) is 40.1. The fraction of sp³-hybridized carbons (Fsp3) is 0.771. The summed E-state index contributed by atoms with van der Waals surface area (Å²) in [6.07, 6.45) is 23.0. The van der Waals surface area contributed by atoms with E-state index in [1.54, 1.807) is 0 Å². The molecule has 44 heavy (non-hydrogen) atoms. The second kappa shape index (κ2) is 25.3. The number of aromatic nitrogens is 1. The summed E-state index contributed by atoms with van der Waals surface area (Å²) >= 11 is 0. The van der Waals surface area contributed by atoms with Gasteiger partial charge < -0.3 is 38.8 Å². The van der Waals surface area contributed by atoms with E-state index >= 15 is 0 Å². The van der Waals surface area contributed by atoms with Crippen LogP contribution in [0.15, 0.2) is 24.4 Å². The van der Waals surface area contributed by atoms with Crippen LogP contribution in [-0.2, 0) is 27.4 Å². The quantitative estimate of drug-likeness (QED) is 0.0893. The van der Waals surface area contributed by atoms with Gasteiger partial charge in [0.25, 0.3) is 0 Å². The largest absolute Gasteiger partial charge is 1.00 e. The van der Waals surface area contributed by atoms with Crippen molar-refractivity contribution < 1.29 is 52.4 Å². The maximum Gasteiger partial charge on any atom is 0.417 e. The zero-order valence-corrected chi connectivity index (χ0v) is 30.0. The van der Waals surface area contributed by atoms with Crippen LogP contribution in [0.5, 0.6) is 0 Å². The van der Waals surface area contributed by atoms with E-state index < -0.39 is 18.3 Å². The first-order chi connectivity index (χ1) is 21.0. The number of amides is 3. The molecule has 1 fully saturated rings. The van der Waals surface area contributed by atoms with Crippen molar-refractivity contribution in [2.75, 3.05) is 13.2 Å². The summed E-state index contributed by atoms with van der Waals surface area (Å²) in [4.78, 5) is 38.6. The highest BCUT2D eigenvalue weighted by molar-refractivity contribution is 5.90. The standard InChI is InChI=1S/C35H59N3O5.HI/c1-4-6-7-8-9-10-11-12-13-14-15-16-17-18-19-21-26-36-34(40)42-29-33(31-24-25-31)43-35(41)38(30(3)39)28-32-23-20-22-27-37(32)5-2;/h20,22-23,27,31,33H,4-19,21,24-26,28-29H2,1-3H3;1H. The van der Waals surface area contributed by atoms with Crippen molar-refractivity contribution in [3.05, 3.63) is 30.1 Å². The number of imide groups is 1. The number of rotatable bonds is 24. The zero-order valence-electron chi connectivity index (χ0n) is 27.8. The van der Waals surface area contributed by atoms with E-state index in [0.717, 1.165) is 42.8 Å². The zero-order chi connectivity index (χ0) is 31.1. The predicted molar refractivity (Wildman–Crippen MR) is 170 cm³/mol. The lowest BCUT2D eigenvalue weighted by atomic mass is 10.0. The van der Waals surface area contributed by atoms with Gasteiger partial charge >= 0.3 is 12.2 Å². The molecule has 1 N–H and O–H groups in total. The third-order valence-corrected chi connectivity index (χ3v) is 8.37. The molecule has 1 atom stereocenters. The number of carbonyl (C=O) groups excluding carboxylic acids is 3. The van der Waals surface area contributed by atoms with Crippen LogP contribution in [-0.4, -0.2) is 42.2 Å². The normalized spacial score (nSPS) is 13.1. The molecular weight excluding hydrogens is 669 g/mol. The molecule has 1 unspecified atom stereocenters. The van der Waals surface area contributed by atoms with Crippen LogP contribution in [0.4, 0.5) is 9.59 Å². The number of pyridine rings is 1. The van der Waals surface area contributed by atoms with E-state index in [9.17, 15) is 14.4 Å². The van der Waals surface area contributed by atoms with Crippen LogP contribution < -0.4 is 33.9 Å². The highest BCUT2D eigenvalue weighted by Gasteiger charge is 2.37. The van der Waals surface area contributed by atoms with Crippen LogP contribution in [0, 0.1) is 5.92 Å². The van der Waals surface area contributed by atoms with Gasteiger partial charge in [-0.1, -0.05) is 109 Å². The Morgan fingerprint density at radius 1 is 0.864 bits per heavy atom. The predicted octanol–water partition coefficient (Wildman–Crippen LogP) is 5.25. The third kappa shape index (κ3) is 18.2. The molecule has 1 heterocycles. The maximum absolute atomic E-state index is 12.9. The molecule has 0 aliphatic heterocycles. The third-order valence-electron chi connectivity index (χ3n) is 8.37. The van der Waals surface area contributed by atoms with E-state index in [1.807, 2.05) is 35.9 Å². The summed E-state index contributed by atoms with van der Waals surface area (Å²) in [5, 5.41) is 2.82. The molecule has 1 aliphatic rings. The fourth-order valence-corrected chi connectivity index (χ4v) is 5.43. The van der Waals surface area contributed by atoms with Crippen LogP contribution in [0.3, 0.4) is 0 Å². The molecule has 0 saturated heterocycles. The van der Waals surface area contributed by atoms with E-state index in [2.05, 4.69) is 12.2 Å². The molecule has 0 spiro atoms. The number of ether oxygens (including phenoxy) is 2. The molecule has 2 rings (SSSR count). The highest BCUT2D eigenvalue weighted by atomic mass is 127. The summed E-state index contributed by atoms with van der Waals surface area (Å²) in [6.45, 7) is 7.06. The topological polar surface area (TPSA) is 88.8 Å². The van der Waals surface area contributed by atoms with E-state index in [4.69, 9.17) is 9.47 Å². The average molecular weight is 730 g/mol. The minimum absolute atomic E-state index is 0. The second-order valence-electron chi connectivity index (χ2n) is 12.2. The Hall–Kier alpha value is -1.91. The Bertz CT molecular complexity index is 927. The molecule has 3 amide bonds. The number of hydrogen-bond acceptors (Lipinski definition) is 5. The molecule has 9 heteroatoms. The number of carbonyl (C=O) groups is 3. The van der Waals surface area contributed by atoms with Crippen LogP contribution >= 0.6 is 0 Å². The molecule has 0 aromatic carbocycles. The highest BCUT2D eigenvalue weighted by Crippen LogP contribution is 2.35. The fourth-order valence-electron chi connectivity index (χ4n) is 5.43. The number of unbranched alkanes of at least 4 members (excludes halogenated alkanes) is 15. The molecule has 252 valence electrons. The summed E-state index contributed by atoms with van der Waals surface area (Å²) in [5.74, 6) is -0.230. The van der Waals surface area contributed by atoms with Crippen molar-refractivity contribution in [3.8, 4) is 0 Å². The first-order valence-corrected chi connectivity index (χ1v) is 17.3. The summed E-state index contributed by atoms with van der Waals surface area (Å²) in [7, 11) is 0. The Kier molecular flexibility index (Phi) is 23.1. The first-order valence-electron chi connectivity index (χ1n) is 17.3. The van der Waals surface area contributed by atoms with Crippen LogP contribution in [0.1, 0.15) is 142 Å². The lowest BCUT2D eigenvalue weighted by Gasteiger charge is -2.23. The molecule has 1 saturated carbocycles. The second-order valence-corrected chi connectivity index (χ2v) is 12.2. The molecule has 1 aromatic rings. The van der Waals surface area contributed by atoms with E-state index in [1.165, 1.54) is 96.8 Å². The smallest absolute Gasteiger partial charge is 0.417 e. The monoisotopic (exact) mass is 729 g/mol.